The van der Waals surface area contributed by atoms with Crippen LogP contribution in [-0.2, 0) is 10.0 Å². The molecular formula is C14H24N2O2S. The molecule has 5 heteroatoms. The van der Waals surface area contributed by atoms with Crippen molar-refractivity contribution >= 4 is 15.7 Å². The topological polar surface area (TPSA) is 58.2 Å². The van der Waals surface area contributed by atoms with Crippen LogP contribution in [0.15, 0.2) is 24.3 Å². The van der Waals surface area contributed by atoms with Gasteiger partial charge in [0.2, 0.25) is 10.0 Å². The van der Waals surface area contributed by atoms with Crippen molar-refractivity contribution in [1.82, 2.24) is 5.32 Å². The first-order chi connectivity index (χ1) is 8.84. The molecule has 0 saturated heterocycles. The number of hydrogen-bond donors (Lipinski definition) is 2. The Morgan fingerprint density at radius 3 is 2.47 bits per heavy atom. The molecule has 108 valence electrons. The summed E-state index contributed by atoms with van der Waals surface area (Å²) in [5.74, 6) is 0.251. The van der Waals surface area contributed by atoms with Gasteiger partial charge < -0.3 is 5.32 Å². The van der Waals surface area contributed by atoms with E-state index in [1.54, 1.807) is 6.07 Å². The van der Waals surface area contributed by atoms with Crippen molar-refractivity contribution < 1.29 is 8.42 Å². The molecule has 0 amide bonds. The van der Waals surface area contributed by atoms with E-state index in [4.69, 9.17) is 0 Å². The fourth-order valence-corrected chi connectivity index (χ4v) is 3.40. The molecule has 0 aliphatic heterocycles. The number of anilines is 1. The van der Waals surface area contributed by atoms with Gasteiger partial charge in [-0.05, 0) is 37.1 Å². The van der Waals surface area contributed by atoms with Crippen LogP contribution >= 0.6 is 0 Å². The molecule has 1 unspecified atom stereocenters. The second kappa shape index (κ2) is 6.91. The maximum Gasteiger partial charge on any atom is 0.232 e. The Balaban J connectivity index is 2.83. The minimum atomic E-state index is -3.26. The molecule has 0 bridgehead atoms. The van der Waals surface area contributed by atoms with Crippen LogP contribution in [0, 0.1) is 5.92 Å². The van der Waals surface area contributed by atoms with Crippen LogP contribution in [-0.4, -0.2) is 20.7 Å². The van der Waals surface area contributed by atoms with Crippen LogP contribution in [0.3, 0.4) is 0 Å². The average molecular weight is 284 g/mol. The van der Waals surface area contributed by atoms with E-state index in [0.717, 1.165) is 12.1 Å². The van der Waals surface area contributed by atoms with Crippen molar-refractivity contribution in [3.05, 3.63) is 29.8 Å². The summed E-state index contributed by atoms with van der Waals surface area (Å²) >= 11 is 0. The molecule has 1 atom stereocenters. The maximum absolute atomic E-state index is 11.9. The van der Waals surface area contributed by atoms with Crippen molar-refractivity contribution in [2.24, 2.45) is 5.92 Å². The largest absolute Gasteiger partial charge is 0.310 e. The first kappa shape index (κ1) is 16.0. The van der Waals surface area contributed by atoms with Gasteiger partial charge in [0.05, 0.1) is 5.75 Å². The zero-order chi connectivity index (χ0) is 14.5. The zero-order valence-corrected chi connectivity index (χ0v) is 12.9. The molecular weight excluding hydrogens is 260 g/mol. The monoisotopic (exact) mass is 284 g/mol. The summed E-state index contributed by atoms with van der Waals surface area (Å²) in [6.07, 6.45) is 0. The molecule has 0 aliphatic carbocycles. The van der Waals surface area contributed by atoms with Crippen LogP contribution in [0.2, 0.25) is 0 Å². The molecule has 0 saturated carbocycles. The maximum atomic E-state index is 11.9. The Morgan fingerprint density at radius 1 is 1.21 bits per heavy atom. The highest BCUT2D eigenvalue weighted by atomic mass is 32.2. The lowest BCUT2D eigenvalue weighted by molar-refractivity contribution is 0.587. The Hall–Kier alpha value is -1.07. The van der Waals surface area contributed by atoms with E-state index in [2.05, 4.69) is 17.0 Å². The first-order valence-corrected chi connectivity index (χ1v) is 8.33. The molecule has 0 aromatic heterocycles. The van der Waals surface area contributed by atoms with Crippen LogP contribution < -0.4 is 10.0 Å². The van der Waals surface area contributed by atoms with Gasteiger partial charge in [-0.3, -0.25) is 4.72 Å². The SMILES string of the molecule is CCNC(C)c1cccc(NS(=O)(=O)CC(C)C)c1. The lowest BCUT2D eigenvalue weighted by atomic mass is 10.1. The fourth-order valence-electron chi connectivity index (χ4n) is 1.96. The van der Waals surface area contributed by atoms with Crippen LogP contribution in [0.1, 0.15) is 39.3 Å². The van der Waals surface area contributed by atoms with Crippen molar-refractivity contribution in [2.75, 3.05) is 17.0 Å². The average Bonchev–Trinajstić information content (AvgIpc) is 2.27. The highest BCUT2D eigenvalue weighted by molar-refractivity contribution is 7.92. The van der Waals surface area contributed by atoms with E-state index in [-0.39, 0.29) is 17.7 Å². The van der Waals surface area contributed by atoms with E-state index in [9.17, 15) is 8.42 Å². The van der Waals surface area contributed by atoms with E-state index in [0.29, 0.717) is 5.69 Å². The zero-order valence-electron chi connectivity index (χ0n) is 12.1. The summed E-state index contributed by atoms with van der Waals surface area (Å²) < 4.78 is 26.4. The Kier molecular flexibility index (Phi) is 5.82. The van der Waals surface area contributed by atoms with Gasteiger partial charge in [0.15, 0.2) is 0 Å². The minimum absolute atomic E-state index is 0.112. The molecule has 0 aliphatic rings. The van der Waals surface area contributed by atoms with Gasteiger partial charge in [0, 0.05) is 11.7 Å². The third-order valence-electron chi connectivity index (χ3n) is 2.72. The second-order valence-electron chi connectivity index (χ2n) is 5.18. The number of benzene rings is 1. The lowest BCUT2D eigenvalue weighted by Crippen LogP contribution is -2.21. The van der Waals surface area contributed by atoms with Crippen molar-refractivity contribution in [3.8, 4) is 0 Å². The summed E-state index contributed by atoms with van der Waals surface area (Å²) in [7, 11) is -3.26. The third-order valence-corrected chi connectivity index (χ3v) is 4.38. The summed E-state index contributed by atoms with van der Waals surface area (Å²) in [5, 5.41) is 3.31. The molecule has 0 fully saturated rings. The van der Waals surface area contributed by atoms with Gasteiger partial charge in [-0.15, -0.1) is 0 Å². The number of hydrogen-bond acceptors (Lipinski definition) is 3. The number of rotatable bonds is 7. The molecule has 2 N–H and O–H groups in total. The quantitative estimate of drug-likeness (QED) is 0.809. The van der Waals surface area contributed by atoms with Crippen LogP contribution in [0.4, 0.5) is 5.69 Å². The molecule has 4 nitrogen and oxygen atoms in total. The Labute approximate surface area is 116 Å². The molecule has 19 heavy (non-hydrogen) atoms. The highest BCUT2D eigenvalue weighted by Gasteiger charge is 2.13. The smallest absolute Gasteiger partial charge is 0.232 e. The fraction of sp³-hybridized carbons (Fsp3) is 0.571. The summed E-state index contributed by atoms with van der Waals surface area (Å²) in [5.41, 5.74) is 1.70. The normalized spacial score (nSPS) is 13.5. The molecule has 1 rings (SSSR count). The third kappa shape index (κ3) is 5.61. The predicted octanol–water partition coefficient (Wildman–Crippen LogP) is 2.75. The van der Waals surface area contributed by atoms with Gasteiger partial charge in [-0.25, -0.2) is 8.42 Å². The Morgan fingerprint density at radius 2 is 1.89 bits per heavy atom. The van der Waals surface area contributed by atoms with Crippen LogP contribution in [0.5, 0.6) is 0 Å². The van der Waals surface area contributed by atoms with Gasteiger partial charge in [0.25, 0.3) is 0 Å². The van der Waals surface area contributed by atoms with E-state index in [1.165, 1.54) is 0 Å². The lowest BCUT2D eigenvalue weighted by Gasteiger charge is -2.15. The highest BCUT2D eigenvalue weighted by Crippen LogP contribution is 2.18. The van der Waals surface area contributed by atoms with Crippen molar-refractivity contribution in [1.29, 1.82) is 0 Å². The van der Waals surface area contributed by atoms with E-state index < -0.39 is 10.0 Å². The number of sulfonamides is 1. The van der Waals surface area contributed by atoms with Gasteiger partial charge >= 0.3 is 0 Å². The van der Waals surface area contributed by atoms with Gasteiger partial charge in [-0.1, -0.05) is 32.9 Å². The standard InChI is InChI=1S/C14H24N2O2S/c1-5-15-12(4)13-7-6-8-14(9-13)16-19(17,18)10-11(2)3/h6-9,11-12,15-16H,5,10H2,1-4H3. The van der Waals surface area contributed by atoms with Crippen molar-refractivity contribution in [2.45, 2.75) is 33.7 Å². The van der Waals surface area contributed by atoms with E-state index >= 15 is 0 Å². The van der Waals surface area contributed by atoms with Gasteiger partial charge in [0.1, 0.15) is 0 Å². The molecule has 0 spiro atoms. The second-order valence-corrected chi connectivity index (χ2v) is 6.95. The van der Waals surface area contributed by atoms with Gasteiger partial charge in [-0.2, -0.15) is 0 Å². The summed E-state index contributed by atoms with van der Waals surface area (Å²) in [6.45, 7) is 8.77. The molecule has 0 radical (unpaired) electrons. The summed E-state index contributed by atoms with van der Waals surface area (Å²) in [4.78, 5) is 0. The van der Waals surface area contributed by atoms with E-state index in [1.807, 2.05) is 39.0 Å². The Bertz CT molecular complexity index is 498. The van der Waals surface area contributed by atoms with Crippen LogP contribution in [0.25, 0.3) is 0 Å². The van der Waals surface area contributed by atoms with Crippen molar-refractivity contribution in [3.63, 3.8) is 0 Å². The molecule has 1 aromatic carbocycles. The molecule has 0 heterocycles. The first-order valence-electron chi connectivity index (χ1n) is 6.68. The minimum Gasteiger partial charge on any atom is -0.310 e. The summed E-state index contributed by atoms with van der Waals surface area (Å²) in [6, 6.07) is 7.73. The predicted molar refractivity (Wildman–Crippen MR) is 80.8 cm³/mol. The molecule has 1 aromatic rings. The number of nitrogens with one attached hydrogen (secondary N) is 2.